The van der Waals surface area contributed by atoms with Gasteiger partial charge in [0.05, 0.1) is 23.5 Å². The second kappa shape index (κ2) is 4.02. The maximum atomic E-state index is 13.5. The molecule has 1 aromatic carbocycles. The van der Waals surface area contributed by atoms with E-state index in [-0.39, 0.29) is 0 Å². The first-order valence-electron chi connectivity index (χ1n) is 4.26. The number of nitrogens with zero attached hydrogens (tertiary/aromatic N) is 2. The van der Waals surface area contributed by atoms with Gasteiger partial charge in [-0.1, -0.05) is 6.07 Å². The average molecular weight is 271 g/mol. The average Bonchev–Trinajstić information content (AvgIpc) is 2.60. The number of rotatable bonds is 2. The van der Waals surface area contributed by atoms with Gasteiger partial charge in [0, 0.05) is 6.07 Å². The van der Waals surface area contributed by atoms with Crippen molar-refractivity contribution in [3.8, 4) is 11.4 Å². The van der Waals surface area contributed by atoms with Crippen LogP contribution in [-0.4, -0.2) is 16.9 Å². The third kappa shape index (κ3) is 1.87. The molecule has 0 aliphatic carbocycles. The first-order chi connectivity index (χ1) is 7.22. The highest BCUT2D eigenvalue weighted by atomic mass is 79.9. The number of methoxy groups -OCH3 is 1. The molecular weight excluding hydrogens is 263 g/mol. The lowest BCUT2D eigenvalue weighted by Gasteiger charge is -2.04. The Hall–Kier alpha value is -1.36. The summed E-state index contributed by atoms with van der Waals surface area (Å²) in [6.07, 6.45) is 1.41. The van der Waals surface area contributed by atoms with Gasteiger partial charge in [0.15, 0.2) is 0 Å². The van der Waals surface area contributed by atoms with Crippen LogP contribution < -0.4 is 4.74 Å². The van der Waals surface area contributed by atoms with E-state index in [2.05, 4.69) is 21.0 Å². The molecule has 0 fully saturated rings. The van der Waals surface area contributed by atoms with E-state index in [1.165, 1.54) is 10.9 Å². The molecule has 0 aliphatic rings. The molecule has 0 unspecified atom stereocenters. The van der Waals surface area contributed by atoms with Crippen LogP contribution in [0.4, 0.5) is 4.39 Å². The zero-order chi connectivity index (χ0) is 10.8. The van der Waals surface area contributed by atoms with E-state index in [0.717, 1.165) is 0 Å². The van der Waals surface area contributed by atoms with Gasteiger partial charge in [0.2, 0.25) is 5.95 Å². The summed E-state index contributed by atoms with van der Waals surface area (Å²) in [5, 5.41) is 3.90. The van der Waals surface area contributed by atoms with Crippen molar-refractivity contribution in [1.29, 1.82) is 0 Å². The summed E-state index contributed by atoms with van der Waals surface area (Å²) in [5.41, 5.74) is 0.623. The number of benzene rings is 1. The molecule has 0 aliphatic heterocycles. The molecule has 2 aromatic rings. The molecule has 5 heteroatoms. The van der Waals surface area contributed by atoms with Crippen LogP contribution in [0.1, 0.15) is 0 Å². The predicted molar refractivity (Wildman–Crippen MR) is 57.8 cm³/mol. The standard InChI is InChI=1S/C10H8BrFN2O/c1-15-8-4-2-3-7(5-8)14-10(12)9(11)6-13-14/h2-6H,1H3. The molecule has 0 N–H and O–H groups in total. The molecule has 2 rings (SSSR count). The van der Waals surface area contributed by atoms with Crippen LogP contribution in [-0.2, 0) is 0 Å². The van der Waals surface area contributed by atoms with Crippen molar-refractivity contribution in [2.75, 3.05) is 7.11 Å². The van der Waals surface area contributed by atoms with E-state index < -0.39 is 5.95 Å². The van der Waals surface area contributed by atoms with Crippen molar-refractivity contribution < 1.29 is 9.13 Å². The summed E-state index contributed by atoms with van der Waals surface area (Å²) >= 11 is 3.06. The molecule has 0 bridgehead atoms. The van der Waals surface area contributed by atoms with E-state index in [9.17, 15) is 4.39 Å². The first kappa shape index (κ1) is 10.2. The summed E-state index contributed by atoms with van der Waals surface area (Å²) in [6, 6.07) is 7.04. The molecule has 3 nitrogen and oxygen atoms in total. The Bertz CT molecular complexity index is 484. The SMILES string of the molecule is COc1cccc(-n2ncc(Br)c2F)c1. The zero-order valence-corrected chi connectivity index (χ0v) is 9.53. The molecule has 0 saturated heterocycles. The summed E-state index contributed by atoms with van der Waals surface area (Å²) in [6.45, 7) is 0. The Morgan fingerprint density at radius 3 is 2.87 bits per heavy atom. The molecular formula is C10H8BrFN2O. The minimum atomic E-state index is -0.428. The molecule has 0 amide bonds. The topological polar surface area (TPSA) is 27.1 Å². The lowest BCUT2D eigenvalue weighted by molar-refractivity contribution is 0.414. The number of aromatic nitrogens is 2. The van der Waals surface area contributed by atoms with E-state index in [1.54, 1.807) is 31.4 Å². The fraction of sp³-hybridized carbons (Fsp3) is 0.100. The lowest BCUT2D eigenvalue weighted by Crippen LogP contribution is -1.99. The van der Waals surface area contributed by atoms with Crippen LogP contribution in [0.5, 0.6) is 5.75 Å². The van der Waals surface area contributed by atoms with Crippen molar-refractivity contribution in [3.63, 3.8) is 0 Å². The molecule has 1 heterocycles. The largest absolute Gasteiger partial charge is 0.497 e. The summed E-state index contributed by atoms with van der Waals surface area (Å²) in [5.74, 6) is 0.238. The number of hydrogen-bond donors (Lipinski definition) is 0. The third-order valence-electron chi connectivity index (χ3n) is 1.97. The number of halogens is 2. The van der Waals surface area contributed by atoms with Gasteiger partial charge in [-0.2, -0.15) is 9.49 Å². The van der Waals surface area contributed by atoms with Gasteiger partial charge >= 0.3 is 0 Å². The normalized spacial score (nSPS) is 10.3. The predicted octanol–water partition coefficient (Wildman–Crippen LogP) is 2.78. The molecule has 0 spiro atoms. The third-order valence-corrected chi connectivity index (χ3v) is 2.50. The van der Waals surface area contributed by atoms with Crippen LogP contribution in [0.15, 0.2) is 34.9 Å². The van der Waals surface area contributed by atoms with E-state index >= 15 is 0 Å². The number of ether oxygens (including phenoxy) is 1. The molecule has 0 saturated carbocycles. The zero-order valence-electron chi connectivity index (χ0n) is 7.95. The minimum Gasteiger partial charge on any atom is -0.497 e. The molecule has 1 aromatic heterocycles. The molecule has 78 valence electrons. The van der Waals surface area contributed by atoms with Crippen molar-refractivity contribution in [3.05, 3.63) is 40.9 Å². The Kier molecular flexibility index (Phi) is 2.73. The smallest absolute Gasteiger partial charge is 0.230 e. The van der Waals surface area contributed by atoms with Crippen LogP contribution >= 0.6 is 15.9 Å². The Morgan fingerprint density at radius 1 is 1.47 bits per heavy atom. The summed E-state index contributed by atoms with van der Waals surface area (Å²) < 4.78 is 20.1. The lowest BCUT2D eigenvalue weighted by atomic mass is 10.3. The van der Waals surface area contributed by atoms with Gasteiger partial charge in [0.25, 0.3) is 0 Å². The van der Waals surface area contributed by atoms with Gasteiger partial charge < -0.3 is 4.74 Å². The van der Waals surface area contributed by atoms with Gasteiger partial charge in [0.1, 0.15) is 5.75 Å². The monoisotopic (exact) mass is 270 g/mol. The quantitative estimate of drug-likeness (QED) is 0.839. The van der Waals surface area contributed by atoms with Gasteiger partial charge in [-0.15, -0.1) is 0 Å². The van der Waals surface area contributed by atoms with Crippen molar-refractivity contribution in [2.45, 2.75) is 0 Å². The second-order valence-corrected chi connectivity index (χ2v) is 3.75. The second-order valence-electron chi connectivity index (χ2n) is 2.90. The van der Waals surface area contributed by atoms with E-state index in [0.29, 0.717) is 15.9 Å². The van der Waals surface area contributed by atoms with Crippen LogP contribution in [0, 0.1) is 5.95 Å². The highest BCUT2D eigenvalue weighted by Gasteiger charge is 2.09. The van der Waals surface area contributed by atoms with Crippen molar-refractivity contribution in [1.82, 2.24) is 9.78 Å². The van der Waals surface area contributed by atoms with E-state index in [1.807, 2.05) is 0 Å². The number of hydrogen-bond acceptors (Lipinski definition) is 2. The molecule has 15 heavy (non-hydrogen) atoms. The molecule has 0 radical (unpaired) electrons. The van der Waals surface area contributed by atoms with Crippen LogP contribution in [0.25, 0.3) is 5.69 Å². The van der Waals surface area contributed by atoms with Crippen LogP contribution in [0.3, 0.4) is 0 Å². The van der Waals surface area contributed by atoms with Gasteiger partial charge in [-0.05, 0) is 28.1 Å². The van der Waals surface area contributed by atoms with E-state index in [4.69, 9.17) is 4.74 Å². The van der Waals surface area contributed by atoms with Gasteiger partial charge in [-0.3, -0.25) is 0 Å². The first-order valence-corrected chi connectivity index (χ1v) is 5.05. The summed E-state index contributed by atoms with van der Waals surface area (Å²) in [7, 11) is 1.56. The Labute approximate surface area is 94.6 Å². The van der Waals surface area contributed by atoms with Crippen LogP contribution in [0.2, 0.25) is 0 Å². The highest BCUT2D eigenvalue weighted by Crippen LogP contribution is 2.20. The Balaban J connectivity index is 2.49. The minimum absolute atomic E-state index is 0.338. The maximum absolute atomic E-state index is 13.5. The summed E-state index contributed by atoms with van der Waals surface area (Å²) in [4.78, 5) is 0. The molecule has 0 atom stereocenters. The maximum Gasteiger partial charge on any atom is 0.230 e. The Morgan fingerprint density at radius 2 is 2.27 bits per heavy atom. The fourth-order valence-electron chi connectivity index (χ4n) is 1.24. The fourth-order valence-corrected chi connectivity index (χ4v) is 1.50. The van der Waals surface area contributed by atoms with Crippen molar-refractivity contribution in [2.24, 2.45) is 0 Å². The van der Waals surface area contributed by atoms with Gasteiger partial charge in [-0.25, -0.2) is 4.68 Å². The highest BCUT2D eigenvalue weighted by molar-refractivity contribution is 9.10. The van der Waals surface area contributed by atoms with Crippen molar-refractivity contribution >= 4 is 15.9 Å².